The van der Waals surface area contributed by atoms with Crippen LogP contribution in [0.3, 0.4) is 0 Å². The quantitative estimate of drug-likeness (QED) is 0.635. The van der Waals surface area contributed by atoms with Crippen LogP contribution < -0.4 is 10.6 Å². The van der Waals surface area contributed by atoms with Crippen molar-refractivity contribution in [1.82, 2.24) is 10.6 Å². The topological polar surface area (TPSA) is 50.4 Å². The van der Waals surface area contributed by atoms with Crippen LogP contribution in [0, 0.1) is 11.3 Å². The largest absolute Gasteiger partial charge is 0.383 e. The van der Waals surface area contributed by atoms with Crippen LogP contribution >= 0.6 is 0 Å². The van der Waals surface area contributed by atoms with Gasteiger partial charge in [-0.25, -0.2) is 0 Å². The SMILES string of the molecule is COCCNCCNC(=O)CC(C)C(C)(C)C. The molecule has 2 N–H and O–H groups in total. The molecule has 0 rings (SSSR count). The third kappa shape index (κ3) is 9.12. The Bertz CT molecular complexity index is 212. The van der Waals surface area contributed by atoms with Crippen LogP contribution in [-0.4, -0.2) is 39.3 Å². The van der Waals surface area contributed by atoms with Gasteiger partial charge in [0.05, 0.1) is 6.61 Å². The minimum absolute atomic E-state index is 0.140. The summed E-state index contributed by atoms with van der Waals surface area (Å²) in [5.41, 5.74) is 0.189. The van der Waals surface area contributed by atoms with E-state index in [4.69, 9.17) is 4.74 Å². The summed E-state index contributed by atoms with van der Waals surface area (Å²) in [6.07, 6.45) is 0.599. The van der Waals surface area contributed by atoms with Crippen molar-refractivity contribution in [3.8, 4) is 0 Å². The minimum atomic E-state index is 0.140. The van der Waals surface area contributed by atoms with Crippen LogP contribution in [0.25, 0.3) is 0 Å². The van der Waals surface area contributed by atoms with E-state index in [0.29, 0.717) is 25.5 Å². The molecule has 0 saturated carbocycles. The Morgan fingerprint density at radius 3 is 2.41 bits per heavy atom. The van der Waals surface area contributed by atoms with E-state index in [0.717, 1.165) is 13.1 Å². The standard InChI is InChI=1S/C13H28N2O2/c1-11(13(2,3)4)10-12(16)15-7-6-14-8-9-17-5/h11,14H,6-10H2,1-5H3,(H,15,16). The summed E-state index contributed by atoms with van der Waals surface area (Å²) in [7, 11) is 1.68. The average Bonchev–Trinajstić information content (AvgIpc) is 2.21. The Hall–Kier alpha value is -0.610. The molecule has 0 aliphatic rings. The van der Waals surface area contributed by atoms with Crippen molar-refractivity contribution in [2.45, 2.75) is 34.1 Å². The summed E-state index contributed by atoms with van der Waals surface area (Å²) in [5, 5.41) is 6.11. The van der Waals surface area contributed by atoms with E-state index in [1.165, 1.54) is 0 Å². The molecule has 1 amide bonds. The van der Waals surface area contributed by atoms with Crippen molar-refractivity contribution in [2.24, 2.45) is 11.3 Å². The molecular weight excluding hydrogens is 216 g/mol. The van der Waals surface area contributed by atoms with Crippen LogP contribution in [-0.2, 0) is 9.53 Å². The summed E-state index contributed by atoms with van der Waals surface area (Å²) in [6.45, 7) is 11.6. The van der Waals surface area contributed by atoms with Gasteiger partial charge in [0, 0.05) is 33.2 Å². The summed E-state index contributed by atoms with van der Waals surface area (Å²) < 4.78 is 4.91. The fourth-order valence-electron chi connectivity index (χ4n) is 1.25. The molecule has 0 aromatic heterocycles. The van der Waals surface area contributed by atoms with Crippen molar-refractivity contribution >= 4 is 5.91 Å². The molecule has 4 heteroatoms. The zero-order chi connectivity index (χ0) is 13.3. The van der Waals surface area contributed by atoms with Crippen molar-refractivity contribution in [2.75, 3.05) is 33.4 Å². The number of carbonyl (C=O) groups is 1. The van der Waals surface area contributed by atoms with Crippen molar-refractivity contribution in [3.05, 3.63) is 0 Å². The zero-order valence-electron chi connectivity index (χ0n) is 11.9. The van der Waals surface area contributed by atoms with Crippen LogP contribution in [0.1, 0.15) is 34.1 Å². The lowest BCUT2D eigenvalue weighted by molar-refractivity contribution is -0.122. The number of amides is 1. The molecule has 102 valence electrons. The number of methoxy groups -OCH3 is 1. The third-order valence-electron chi connectivity index (χ3n) is 3.08. The zero-order valence-corrected chi connectivity index (χ0v) is 11.9. The number of nitrogens with one attached hydrogen (secondary N) is 2. The molecule has 0 aliphatic carbocycles. The predicted octanol–water partition coefficient (Wildman–Crippen LogP) is 1.41. The highest BCUT2D eigenvalue weighted by Crippen LogP contribution is 2.27. The van der Waals surface area contributed by atoms with Gasteiger partial charge in [0.1, 0.15) is 0 Å². The van der Waals surface area contributed by atoms with Gasteiger partial charge in [-0.05, 0) is 11.3 Å². The Labute approximate surface area is 105 Å². The van der Waals surface area contributed by atoms with E-state index in [1.54, 1.807) is 7.11 Å². The molecule has 1 atom stereocenters. The van der Waals surface area contributed by atoms with Gasteiger partial charge in [-0.3, -0.25) is 4.79 Å². The van der Waals surface area contributed by atoms with Crippen molar-refractivity contribution < 1.29 is 9.53 Å². The summed E-state index contributed by atoms with van der Waals surface area (Å²) >= 11 is 0. The number of ether oxygens (including phenoxy) is 1. The van der Waals surface area contributed by atoms with Gasteiger partial charge >= 0.3 is 0 Å². The maximum atomic E-state index is 11.6. The molecule has 17 heavy (non-hydrogen) atoms. The first-order valence-corrected chi connectivity index (χ1v) is 6.34. The fourth-order valence-corrected chi connectivity index (χ4v) is 1.25. The van der Waals surface area contributed by atoms with Crippen LogP contribution in [0.4, 0.5) is 0 Å². The second-order valence-electron chi connectivity index (χ2n) is 5.56. The molecule has 1 unspecified atom stereocenters. The Morgan fingerprint density at radius 1 is 1.24 bits per heavy atom. The number of carbonyl (C=O) groups excluding carboxylic acids is 1. The van der Waals surface area contributed by atoms with Crippen molar-refractivity contribution in [1.29, 1.82) is 0 Å². The average molecular weight is 244 g/mol. The molecular formula is C13H28N2O2. The Balaban J connectivity index is 3.53. The van der Waals surface area contributed by atoms with Gasteiger partial charge in [0.15, 0.2) is 0 Å². The molecule has 0 aromatic carbocycles. The maximum Gasteiger partial charge on any atom is 0.220 e. The van der Waals surface area contributed by atoms with E-state index in [1.807, 2.05) is 0 Å². The lowest BCUT2D eigenvalue weighted by atomic mass is 9.80. The summed E-state index contributed by atoms with van der Waals surface area (Å²) in [4.78, 5) is 11.6. The normalized spacial score (nSPS) is 13.5. The fraction of sp³-hybridized carbons (Fsp3) is 0.923. The molecule has 0 radical (unpaired) electrons. The first-order valence-electron chi connectivity index (χ1n) is 6.34. The second kappa shape index (κ2) is 8.48. The van der Waals surface area contributed by atoms with E-state index in [2.05, 4.69) is 38.3 Å². The molecule has 0 aliphatic heterocycles. The van der Waals surface area contributed by atoms with E-state index in [-0.39, 0.29) is 11.3 Å². The highest BCUT2D eigenvalue weighted by molar-refractivity contribution is 5.76. The smallest absolute Gasteiger partial charge is 0.220 e. The maximum absolute atomic E-state index is 11.6. The lowest BCUT2D eigenvalue weighted by Crippen LogP contribution is -2.35. The predicted molar refractivity (Wildman–Crippen MR) is 71.0 cm³/mol. The van der Waals surface area contributed by atoms with E-state index in [9.17, 15) is 4.79 Å². The van der Waals surface area contributed by atoms with Crippen LogP contribution in [0.2, 0.25) is 0 Å². The molecule has 0 fully saturated rings. The Kier molecular flexibility index (Phi) is 8.17. The van der Waals surface area contributed by atoms with Gasteiger partial charge < -0.3 is 15.4 Å². The first-order chi connectivity index (χ1) is 7.88. The molecule has 0 bridgehead atoms. The third-order valence-corrected chi connectivity index (χ3v) is 3.08. The van der Waals surface area contributed by atoms with E-state index < -0.39 is 0 Å². The van der Waals surface area contributed by atoms with E-state index >= 15 is 0 Å². The lowest BCUT2D eigenvalue weighted by Gasteiger charge is -2.26. The van der Waals surface area contributed by atoms with Crippen LogP contribution in [0.15, 0.2) is 0 Å². The minimum Gasteiger partial charge on any atom is -0.383 e. The second-order valence-corrected chi connectivity index (χ2v) is 5.56. The highest BCUT2D eigenvalue weighted by Gasteiger charge is 2.22. The number of hydrogen-bond acceptors (Lipinski definition) is 3. The van der Waals surface area contributed by atoms with Gasteiger partial charge in [0.25, 0.3) is 0 Å². The van der Waals surface area contributed by atoms with Gasteiger partial charge in [-0.1, -0.05) is 27.7 Å². The monoisotopic (exact) mass is 244 g/mol. The Morgan fingerprint density at radius 2 is 1.88 bits per heavy atom. The van der Waals surface area contributed by atoms with Gasteiger partial charge in [0.2, 0.25) is 5.91 Å². The molecule has 0 saturated heterocycles. The summed E-state index contributed by atoms with van der Waals surface area (Å²) in [5.74, 6) is 0.532. The summed E-state index contributed by atoms with van der Waals surface area (Å²) in [6, 6.07) is 0. The number of hydrogen-bond donors (Lipinski definition) is 2. The molecule has 4 nitrogen and oxygen atoms in total. The van der Waals surface area contributed by atoms with Gasteiger partial charge in [-0.2, -0.15) is 0 Å². The number of rotatable bonds is 8. The van der Waals surface area contributed by atoms with Crippen molar-refractivity contribution in [3.63, 3.8) is 0 Å². The molecule has 0 heterocycles. The van der Waals surface area contributed by atoms with Gasteiger partial charge in [-0.15, -0.1) is 0 Å². The first kappa shape index (κ1) is 16.4. The molecule has 0 aromatic rings. The van der Waals surface area contributed by atoms with Crippen LogP contribution in [0.5, 0.6) is 0 Å². The molecule has 0 spiro atoms. The highest BCUT2D eigenvalue weighted by atomic mass is 16.5.